The minimum absolute atomic E-state index is 0.342. The fraction of sp³-hybridized carbons (Fsp3) is 0.176. The molecule has 0 aromatic heterocycles. The Morgan fingerprint density at radius 1 is 1.21 bits per heavy atom. The zero-order valence-corrected chi connectivity index (χ0v) is 11.0. The lowest BCUT2D eigenvalue weighted by atomic mass is 10.0. The van der Waals surface area contributed by atoms with E-state index in [-0.39, 0.29) is 5.97 Å². The summed E-state index contributed by atoms with van der Waals surface area (Å²) in [5.41, 5.74) is 4.20. The predicted molar refractivity (Wildman–Crippen MR) is 76.9 cm³/mol. The summed E-state index contributed by atoms with van der Waals surface area (Å²) < 4.78 is 4.98. The van der Waals surface area contributed by atoms with Crippen molar-refractivity contribution in [2.75, 3.05) is 6.61 Å². The highest BCUT2D eigenvalue weighted by atomic mass is 16.5. The molecule has 0 unspecified atom stereocenters. The lowest BCUT2D eigenvalue weighted by molar-refractivity contribution is -0.138. The minimum Gasteiger partial charge on any atom is -0.462 e. The number of carbonyl (C=O) groups is 1. The van der Waals surface area contributed by atoms with Gasteiger partial charge in [-0.2, -0.15) is 0 Å². The molecule has 0 bridgehead atoms. The van der Waals surface area contributed by atoms with E-state index in [2.05, 4.69) is 36.6 Å². The fourth-order valence-electron chi connectivity index (χ4n) is 1.98. The number of esters is 1. The van der Waals surface area contributed by atoms with Crippen molar-refractivity contribution in [3.8, 4) is 0 Å². The molecule has 0 spiro atoms. The van der Waals surface area contributed by atoms with Gasteiger partial charge in [0.1, 0.15) is 0 Å². The summed E-state index contributed by atoms with van der Waals surface area (Å²) in [6, 6.07) is 14.3. The highest BCUT2D eigenvalue weighted by molar-refractivity contribution is 5.89. The quantitative estimate of drug-likeness (QED) is 0.471. The molecule has 2 nitrogen and oxygen atoms in total. The van der Waals surface area contributed by atoms with E-state index in [1.54, 1.807) is 6.92 Å². The van der Waals surface area contributed by atoms with Crippen LogP contribution in [0, 0.1) is 0 Å². The van der Waals surface area contributed by atoms with E-state index in [1.807, 2.05) is 18.2 Å². The Hall–Kier alpha value is -2.31. The molecule has 96 valence electrons. The Bertz CT molecular complexity index is 649. The van der Waals surface area contributed by atoms with Crippen molar-refractivity contribution in [2.24, 2.45) is 0 Å². The Morgan fingerprint density at radius 3 is 2.63 bits per heavy atom. The third-order valence-corrected chi connectivity index (χ3v) is 2.93. The van der Waals surface area contributed by atoms with E-state index in [0.29, 0.717) is 18.6 Å². The number of fused-ring (bicyclic) bond motifs is 1. The summed E-state index contributed by atoms with van der Waals surface area (Å²) >= 11 is 0. The Balaban J connectivity index is 2.25. The van der Waals surface area contributed by atoms with Crippen LogP contribution in [-0.4, -0.2) is 12.6 Å². The summed E-state index contributed by atoms with van der Waals surface area (Å²) in [4.78, 5) is 11.7. The molecular weight excluding hydrogens is 236 g/mol. The van der Waals surface area contributed by atoms with Gasteiger partial charge in [-0.3, -0.25) is 0 Å². The van der Waals surface area contributed by atoms with E-state index >= 15 is 0 Å². The van der Waals surface area contributed by atoms with Gasteiger partial charge in [0.15, 0.2) is 0 Å². The highest BCUT2D eigenvalue weighted by Gasteiger charge is 2.10. The summed E-state index contributed by atoms with van der Waals surface area (Å²) in [6.45, 7) is 5.71. The lowest BCUT2D eigenvalue weighted by Crippen LogP contribution is -2.09. The van der Waals surface area contributed by atoms with Gasteiger partial charge in [0, 0.05) is 6.42 Å². The van der Waals surface area contributed by atoms with Gasteiger partial charge in [-0.05, 0) is 23.3 Å². The number of ether oxygens (including phenoxy) is 1. The molecule has 0 aliphatic carbocycles. The average molecular weight is 252 g/mol. The molecule has 0 N–H and O–H groups in total. The third kappa shape index (κ3) is 3.12. The number of benzene rings is 2. The first kappa shape index (κ1) is 13.1. The zero-order chi connectivity index (χ0) is 13.7. The molecule has 0 saturated heterocycles. The van der Waals surface area contributed by atoms with Crippen molar-refractivity contribution in [1.82, 2.24) is 0 Å². The second-order valence-corrected chi connectivity index (χ2v) is 4.23. The summed E-state index contributed by atoms with van der Waals surface area (Å²) in [7, 11) is 0. The van der Waals surface area contributed by atoms with Crippen molar-refractivity contribution >= 4 is 16.7 Å². The van der Waals surface area contributed by atoms with Crippen molar-refractivity contribution in [3.05, 3.63) is 65.9 Å². The molecular formula is C17H16O2. The molecule has 19 heavy (non-hydrogen) atoms. The fourth-order valence-corrected chi connectivity index (χ4v) is 1.98. The monoisotopic (exact) mass is 252 g/mol. The van der Waals surface area contributed by atoms with Crippen LogP contribution in [0.4, 0.5) is 0 Å². The second kappa shape index (κ2) is 6.03. The van der Waals surface area contributed by atoms with Crippen LogP contribution < -0.4 is 0 Å². The molecule has 0 aliphatic rings. The summed E-state index contributed by atoms with van der Waals surface area (Å²) in [6.07, 6.45) is 0.493. The molecule has 0 saturated carbocycles. The molecule has 2 aromatic carbocycles. The Kier molecular flexibility index (Phi) is 4.17. The van der Waals surface area contributed by atoms with Crippen LogP contribution in [0.15, 0.2) is 60.3 Å². The number of hydrogen-bond donors (Lipinski definition) is 0. The van der Waals surface area contributed by atoms with E-state index in [4.69, 9.17) is 4.74 Å². The van der Waals surface area contributed by atoms with Gasteiger partial charge in [-0.15, -0.1) is 5.73 Å². The maximum atomic E-state index is 11.7. The lowest BCUT2D eigenvalue weighted by Gasteiger charge is -2.06. The van der Waals surface area contributed by atoms with Gasteiger partial charge in [-0.1, -0.05) is 49.0 Å². The van der Waals surface area contributed by atoms with Crippen molar-refractivity contribution in [3.63, 3.8) is 0 Å². The first-order valence-corrected chi connectivity index (χ1v) is 6.28. The molecule has 0 radical (unpaired) electrons. The molecule has 0 amide bonds. The van der Waals surface area contributed by atoms with Gasteiger partial charge in [-0.25, -0.2) is 4.79 Å². The molecule has 0 aliphatic heterocycles. The molecule has 0 atom stereocenters. The number of hydrogen-bond acceptors (Lipinski definition) is 2. The molecule has 2 heteroatoms. The van der Waals surface area contributed by atoms with Gasteiger partial charge < -0.3 is 4.74 Å². The zero-order valence-electron chi connectivity index (χ0n) is 11.0. The second-order valence-electron chi connectivity index (χ2n) is 4.23. The van der Waals surface area contributed by atoms with Crippen LogP contribution in [0.1, 0.15) is 12.5 Å². The molecule has 2 rings (SSSR count). The maximum Gasteiger partial charge on any atom is 0.342 e. The predicted octanol–water partition coefficient (Wildman–Crippen LogP) is 3.66. The van der Waals surface area contributed by atoms with Gasteiger partial charge in [0.25, 0.3) is 0 Å². The first-order valence-electron chi connectivity index (χ1n) is 6.28. The maximum absolute atomic E-state index is 11.7. The van der Waals surface area contributed by atoms with Crippen LogP contribution in [0.25, 0.3) is 10.8 Å². The van der Waals surface area contributed by atoms with E-state index in [9.17, 15) is 4.79 Å². The van der Waals surface area contributed by atoms with Crippen LogP contribution in [0.2, 0.25) is 0 Å². The SMILES string of the molecule is C=C=C(Cc1ccc2ccccc2c1)C(=O)OCC. The van der Waals surface area contributed by atoms with E-state index in [1.165, 1.54) is 5.39 Å². The van der Waals surface area contributed by atoms with Crippen molar-refractivity contribution in [1.29, 1.82) is 0 Å². The minimum atomic E-state index is -0.342. The average Bonchev–Trinajstić information content (AvgIpc) is 2.44. The summed E-state index contributed by atoms with van der Waals surface area (Å²) in [5.74, 6) is -0.342. The van der Waals surface area contributed by atoms with Crippen LogP contribution in [0.3, 0.4) is 0 Å². The Labute approximate surface area is 113 Å². The number of carbonyl (C=O) groups excluding carboxylic acids is 1. The van der Waals surface area contributed by atoms with E-state index in [0.717, 1.165) is 10.9 Å². The third-order valence-electron chi connectivity index (χ3n) is 2.93. The van der Waals surface area contributed by atoms with E-state index < -0.39 is 0 Å². The van der Waals surface area contributed by atoms with Gasteiger partial charge in [0.05, 0.1) is 12.2 Å². The van der Waals surface area contributed by atoms with Crippen LogP contribution in [0.5, 0.6) is 0 Å². The van der Waals surface area contributed by atoms with Crippen molar-refractivity contribution in [2.45, 2.75) is 13.3 Å². The highest BCUT2D eigenvalue weighted by Crippen LogP contribution is 2.18. The Morgan fingerprint density at radius 2 is 1.95 bits per heavy atom. The largest absolute Gasteiger partial charge is 0.462 e. The topological polar surface area (TPSA) is 26.3 Å². The normalized spacial score (nSPS) is 9.95. The smallest absolute Gasteiger partial charge is 0.342 e. The van der Waals surface area contributed by atoms with Gasteiger partial charge >= 0.3 is 5.97 Å². The summed E-state index contributed by atoms with van der Waals surface area (Å²) in [5, 5.41) is 2.35. The number of rotatable bonds is 4. The standard InChI is InChI=1S/C17H16O2/c1-3-14(17(18)19-4-2)11-13-9-10-15-7-5-6-8-16(15)12-13/h5-10,12H,1,4,11H2,2H3. The molecule has 0 fully saturated rings. The van der Waals surface area contributed by atoms with Crippen LogP contribution >= 0.6 is 0 Å². The van der Waals surface area contributed by atoms with Crippen molar-refractivity contribution < 1.29 is 9.53 Å². The van der Waals surface area contributed by atoms with Gasteiger partial charge in [0.2, 0.25) is 0 Å². The van der Waals surface area contributed by atoms with Crippen LogP contribution in [-0.2, 0) is 16.0 Å². The first-order chi connectivity index (χ1) is 9.24. The molecule has 0 heterocycles. The molecule has 2 aromatic rings.